The van der Waals surface area contributed by atoms with Crippen molar-refractivity contribution in [1.82, 2.24) is 10.6 Å². The fourth-order valence-electron chi connectivity index (χ4n) is 2.12. The Kier molecular flexibility index (Phi) is 5.86. The molecule has 1 aromatic carbocycles. The molecule has 1 atom stereocenters. The highest BCUT2D eigenvalue weighted by Crippen LogP contribution is 2.23. The van der Waals surface area contributed by atoms with Crippen molar-refractivity contribution in [2.24, 2.45) is 5.92 Å². The molecule has 18 heavy (non-hydrogen) atoms. The predicted octanol–water partition coefficient (Wildman–Crippen LogP) is 2.42. The maximum Gasteiger partial charge on any atom is 0.234 e. The van der Waals surface area contributed by atoms with Gasteiger partial charge in [-0.1, -0.05) is 38.1 Å². The lowest BCUT2D eigenvalue weighted by Crippen LogP contribution is -2.35. The van der Waals surface area contributed by atoms with Gasteiger partial charge in [0.15, 0.2) is 0 Å². The van der Waals surface area contributed by atoms with E-state index in [1.54, 1.807) is 7.05 Å². The van der Waals surface area contributed by atoms with Gasteiger partial charge in [0.1, 0.15) is 0 Å². The highest BCUT2D eigenvalue weighted by molar-refractivity contribution is 5.78. The smallest absolute Gasteiger partial charge is 0.234 e. The van der Waals surface area contributed by atoms with Gasteiger partial charge in [0.2, 0.25) is 5.91 Å². The average Bonchev–Trinajstić information content (AvgIpc) is 2.28. The molecule has 0 bridgehead atoms. The largest absolute Gasteiger partial charge is 0.348 e. The molecule has 2 N–H and O–H groups in total. The first-order chi connectivity index (χ1) is 8.54. The number of hydrogen-bond donors (Lipinski definition) is 2. The third-order valence-electron chi connectivity index (χ3n) is 2.94. The van der Waals surface area contributed by atoms with Crippen LogP contribution in [0.2, 0.25) is 0 Å². The van der Waals surface area contributed by atoms with Gasteiger partial charge in [-0.3, -0.25) is 4.79 Å². The van der Waals surface area contributed by atoms with E-state index in [1.807, 2.05) is 12.1 Å². The van der Waals surface area contributed by atoms with Crippen molar-refractivity contribution in [3.05, 3.63) is 35.4 Å². The quantitative estimate of drug-likeness (QED) is 0.811. The van der Waals surface area contributed by atoms with Gasteiger partial charge in [0.25, 0.3) is 0 Å². The summed E-state index contributed by atoms with van der Waals surface area (Å²) in [5.41, 5.74) is 2.45. The first kappa shape index (κ1) is 14.7. The number of amides is 1. The molecule has 0 heterocycles. The van der Waals surface area contributed by atoms with Crippen LogP contribution in [0.25, 0.3) is 0 Å². The molecule has 0 aliphatic rings. The van der Waals surface area contributed by atoms with E-state index in [0.29, 0.717) is 12.5 Å². The van der Waals surface area contributed by atoms with E-state index in [2.05, 4.69) is 43.5 Å². The zero-order valence-corrected chi connectivity index (χ0v) is 11.8. The first-order valence-corrected chi connectivity index (χ1v) is 6.54. The van der Waals surface area contributed by atoms with Crippen LogP contribution in [-0.2, 0) is 4.79 Å². The molecular weight excluding hydrogens is 224 g/mol. The minimum atomic E-state index is 0.0476. The normalized spacial score (nSPS) is 12.5. The van der Waals surface area contributed by atoms with Gasteiger partial charge in [0, 0.05) is 0 Å². The molecule has 0 saturated heterocycles. The number of benzene rings is 1. The Morgan fingerprint density at radius 1 is 1.28 bits per heavy atom. The van der Waals surface area contributed by atoms with Crippen LogP contribution in [0.1, 0.15) is 37.4 Å². The van der Waals surface area contributed by atoms with Crippen molar-refractivity contribution in [2.45, 2.75) is 33.2 Å². The predicted molar refractivity (Wildman–Crippen MR) is 75.4 cm³/mol. The molecule has 3 heteroatoms. The van der Waals surface area contributed by atoms with Crippen molar-refractivity contribution in [3.8, 4) is 0 Å². The van der Waals surface area contributed by atoms with Crippen molar-refractivity contribution < 1.29 is 4.79 Å². The maximum atomic E-state index is 11.7. The van der Waals surface area contributed by atoms with Gasteiger partial charge < -0.3 is 10.6 Å². The fraction of sp³-hybridized carbons (Fsp3) is 0.533. The summed E-state index contributed by atoms with van der Waals surface area (Å²) in [5, 5.41) is 5.99. The van der Waals surface area contributed by atoms with Crippen LogP contribution < -0.4 is 10.6 Å². The lowest BCUT2D eigenvalue weighted by atomic mass is 9.94. The molecule has 0 fully saturated rings. The lowest BCUT2D eigenvalue weighted by molar-refractivity contribution is -0.121. The summed E-state index contributed by atoms with van der Waals surface area (Å²) in [7, 11) is 1.78. The molecular formula is C15H24N2O. The molecule has 100 valence electrons. The monoisotopic (exact) mass is 248 g/mol. The van der Waals surface area contributed by atoms with Gasteiger partial charge in [0.05, 0.1) is 12.6 Å². The Morgan fingerprint density at radius 3 is 2.50 bits per heavy atom. The van der Waals surface area contributed by atoms with Gasteiger partial charge in [-0.25, -0.2) is 0 Å². The highest BCUT2D eigenvalue weighted by Gasteiger charge is 2.17. The zero-order chi connectivity index (χ0) is 13.5. The molecule has 0 aliphatic carbocycles. The van der Waals surface area contributed by atoms with Crippen LogP contribution in [0.15, 0.2) is 24.3 Å². The van der Waals surface area contributed by atoms with E-state index >= 15 is 0 Å². The Balaban J connectivity index is 2.84. The summed E-state index contributed by atoms with van der Waals surface area (Å²) in [6.45, 7) is 6.80. The van der Waals surface area contributed by atoms with Gasteiger partial charge in [-0.05, 0) is 37.4 Å². The minimum absolute atomic E-state index is 0.0476. The van der Waals surface area contributed by atoms with Crippen molar-refractivity contribution >= 4 is 5.91 Å². The van der Waals surface area contributed by atoms with E-state index in [9.17, 15) is 4.79 Å². The first-order valence-electron chi connectivity index (χ1n) is 6.54. The number of hydrogen-bond acceptors (Lipinski definition) is 2. The molecule has 0 radical (unpaired) electrons. The van der Waals surface area contributed by atoms with Crippen LogP contribution in [0.5, 0.6) is 0 Å². The molecule has 1 rings (SSSR count). The lowest BCUT2D eigenvalue weighted by Gasteiger charge is -2.22. The maximum absolute atomic E-state index is 11.7. The molecule has 0 saturated carbocycles. The summed E-state index contributed by atoms with van der Waals surface area (Å²) >= 11 is 0. The number of likely N-dealkylation sites (N-methyl/N-ethyl adjacent to an activating group) is 1. The van der Waals surface area contributed by atoms with E-state index in [4.69, 9.17) is 0 Å². The zero-order valence-electron chi connectivity index (χ0n) is 11.8. The fourth-order valence-corrected chi connectivity index (χ4v) is 2.12. The van der Waals surface area contributed by atoms with Gasteiger partial charge >= 0.3 is 0 Å². The van der Waals surface area contributed by atoms with Crippen LogP contribution in [0.4, 0.5) is 0 Å². The topological polar surface area (TPSA) is 41.1 Å². The molecule has 0 aliphatic heterocycles. The Morgan fingerprint density at radius 2 is 1.94 bits per heavy atom. The van der Waals surface area contributed by atoms with E-state index in [1.165, 1.54) is 11.1 Å². The summed E-state index contributed by atoms with van der Waals surface area (Å²) in [4.78, 5) is 11.7. The number of nitrogens with one attached hydrogen (secondary N) is 2. The molecule has 1 amide bonds. The second-order valence-electron chi connectivity index (χ2n) is 5.14. The third-order valence-corrected chi connectivity index (χ3v) is 2.94. The number of carbonyl (C=O) groups excluding carboxylic acids is 1. The van der Waals surface area contributed by atoms with Crippen LogP contribution >= 0.6 is 0 Å². The Hall–Kier alpha value is -1.35. The molecule has 0 aromatic heterocycles. The molecule has 0 spiro atoms. The second-order valence-corrected chi connectivity index (χ2v) is 5.14. The van der Waals surface area contributed by atoms with E-state index in [0.717, 1.165) is 6.42 Å². The summed E-state index contributed by atoms with van der Waals surface area (Å²) in [6, 6.07) is 8.35. The van der Waals surface area contributed by atoms with Crippen molar-refractivity contribution in [3.63, 3.8) is 0 Å². The number of rotatable bonds is 6. The van der Waals surface area contributed by atoms with Gasteiger partial charge in [-0.15, -0.1) is 0 Å². The standard InChI is InChI=1S/C15H24N2O/c1-11(2)9-14(17-15(18)10-16-4)13-8-6-5-7-12(13)3/h5-8,11,14,16H,9-10H2,1-4H3,(H,17,18). The van der Waals surface area contributed by atoms with Crippen molar-refractivity contribution in [2.75, 3.05) is 13.6 Å². The summed E-state index contributed by atoms with van der Waals surface area (Å²) < 4.78 is 0. The third kappa shape index (κ3) is 4.49. The Labute approximate surface area is 110 Å². The molecule has 1 unspecified atom stereocenters. The van der Waals surface area contributed by atoms with Crippen LogP contribution in [0, 0.1) is 12.8 Å². The van der Waals surface area contributed by atoms with Crippen LogP contribution in [0.3, 0.4) is 0 Å². The average molecular weight is 248 g/mol. The molecule has 1 aromatic rings. The van der Waals surface area contributed by atoms with E-state index < -0.39 is 0 Å². The SMILES string of the molecule is CNCC(=O)NC(CC(C)C)c1ccccc1C. The molecule has 3 nitrogen and oxygen atoms in total. The van der Waals surface area contributed by atoms with E-state index in [-0.39, 0.29) is 11.9 Å². The number of aryl methyl sites for hydroxylation is 1. The highest BCUT2D eigenvalue weighted by atomic mass is 16.1. The summed E-state index contributed by atoms with van der Waals surface area (Å²) in [5.74, 6) is 0.593. The van der Waals surface area contributed by atoms with Crippen molar-refractivity contribution in [1.29, 1.82) is 0 Å². The Bertz CT molecular complexity index is 388. The second kappa shape index (κ2) is 7.17. The van der Waals surface area contributed by atoms with Gasteiger partial charge in [-0.2, -0.15) is 0 Å². The summed E-state index contributed by atoms with van der Waals surface area (Å²) in [6.07, 6.45) is 0.959. The minimum Gasteiger partial charge on any atom is -0.348 e. The number of carbonyl (C=O) groups is 1. The van der Waals surface area contributed by atoms with Crippen LogP contribution in [-0.4, -0.2) is 19.5 Å².